The molecule has 0 amide bonds. The number of nitrogens with zero attached hydrogens (tertiary/aromatic N) is 2. The zero-order chi connectivity index (χ0) is 9.14. The molecule has 5 heteroatoms. The lowest BCUT2D eigenvalue weighted by molar-refractivity contribution is 0.680. The van der Waals surface area contributed by atoms with Crippen molar-refractivity contribution in [1.82, 2.24) is 15.1 Å². The summed E-state index contributed by atoms with van der Waals surface area (Å²) in [7, 11) is 1.78. The van der Waals surface area contributed by atoms with E-state index in [-0.39, 0.29) is 0 Å². The van der Waals surface area contributed by atoms with Gasteiger partial charge in [-0.05, 0) is 6.54 Å². The van der Waals surface area contributed by atoms with Crippen molar-refractivity contribution >= 4 is 11.5 Å². The number of nitrogen functional groups attached to an aromatic ring is 2. The van der Waals surface area contributed by atoms with Gasteiger partial charge in [-0.3, -0.25) is 4.68 Å². The lowest BCUT2D eigenvalue weighted by atomic mass is 10.3. The molecule has 1 aromatic rings. The third-order valence-electron chi connectivity index (χ3n) is 1.75. The van der Waals surface area contributed by atoms with E-state index in [1.54, 1.807) is 11.7 Å². The van der Waals surface area contributed by atoms with Crippen LogP contribution in [0.4, 0.5) is 11.5 Å². The summed E-state index contributed by atoms with van der Waals surface area (Å²) in [5.41, 5.74) is 12.7. The molecular weight excluding hydrogens is 154 g/mol. The molecule has 0 saturated carbocycles. The Morgan fingerprint density at radius 3 is 2.58 bits per heavy atom. The van der Waals surface area contributed by atoms with Gasteiger partial charge in [-0.15, -0.1) is 0 Å². The maximum atomic E-state index is 5.70. The highest BCUT2D eigenvalue weighted by Gasteiger charge is 2.08. The average Bonchev–Trinajstić information content (AvgIpc) is 2.30. The molecule has 1 aromatic heterocycles. The summed E-state index contributed by atoms with van der Waals surface area (Å²) in [6.07, 6.45) is 0. The van der Waals surface area contributed by atoms with Crippen molar-refractivity contribution in [2.45, 2.75) is 13.5 Å². The Morgan fingerprint density at radius 1 is 1.50 bits per heavy atom. The molecule has 0 bridgehead atoms. The van der Waals surface area contributed by atoms with E-state index in [9.17, 15) is 0 Å². The third-order valence-corrected chi connectivity index (χ3v) is 1.75. The number of anilines is 2. The van der Waals surface area contributed by atoms with E-state index in [0.717, 1.165) is 12.2 Å². The molecular formula is C7H15N5. The minimum Gasteiger partial charge on any atom is -0.394 e. The van der Waals surface area contributed by atoms with Gasteiger partial charge in [0.2, 0.25) is 0 Å². The van der Waals surface area contributed by atoms with Gasteiger partial charge in [0.25, 0.3) is 0 Å². The number of aromatic nitrogens is 2. The van der Waals surface area contributed by atoms with Gasteiger partial charge in [0, 0.05) is 13.6 Å². The highest BCUT2D eigenvalue weighted by molar-refractivity contribution is 5.61. The Hall–Kier alpha value is -1.23. The predicted octanol–water partition coefficient (Wildman–Crippen LogP) is -0.306. The normalized spacial score (nSPS) is 10.5. The monoisotopic (exact) mass is 169 g/mol. The Kier molecular flexibility index (Phi) is 2.54. The molecule has 1 heterocycles. The van der Waals surface area contributed by atoms with Gasteiger partial charge in [-0.2, -0.15) is 5.10 Å². The zero-order valence-electron chi connectivity index (χ0n) is 7.46. The minimum absolute atomic E-state index is 0.530. The summed E-state index contributed by atoms with van der Waals surface area (Å²) >= 11 is 0. The number of nitrogens with one attached hydrogen (secondary N) is 1. The van der Waals surface area contributed by atoms with Crippen LogP contribution in [0.1, 0.15) is 12.6 Å². The Bertz CT molecular complexity index is 265. The first kappa shape index (κ1) is 8.86. The summed E-state index contributed by atoms with van der Waals surface area (Å²) in [5, 5.41) is 7.29. The molecule has 0 spiro atoms. The molecule has 0 unspecified atom stereocenters. The standard InChI is InChI=1S/C7H15N5/c1-3-10-4-5-6(8)7(9)12(2)11-5/h10H,3-4,8-9H2,1-2H3. The first-order valence-corrected chi connectivity index (χ1v) is 3.94. The van der Waals surface area contributed by atoms with Gasteiger partial charge in [0.15, 0.2) is 0 Å². The minimum atomic E-state index is 0.530. The largest absolute Gasteiger partial charge is 0.394 e. The summed E-state index contributed by atoms with van der Waals surface area (Å²) < 4.78 is 1.59. The van der Waals surface area contributed by atoms with E-state index < -0.39 is 0 Å². The lowest BCUT2D eigenvalue weighted by Crippen LogP contribution is -2.13. The number of rotatable bonds is 3. The van der Waals surface area contributed by atoms with Crippen LogP contribution in [-0.2, 0) is 13.6 Å². The van der Waals surface area contributed by atoms with Gasteiger partial charge in [0.1, 0.15) is 11.5 Å². The molecule has 0 aromatic carbocycles. The summed E-state index contributed by atoms with van der Waals surface area (Å²) in [5.74, 6) is 0.530. The predicted molar refractivity (Wildman–Crippen MR) is 49.4 cm³/mol. The second-order valence-electron chi connectivity index (χ2n) is 2.65. The maximum absolute atomic E-state index is 5.70. The van der Waals surface area contributed by atoms with Crippen molar-refractivity contribution < 1.29 is 0 Å². The lowest BCUT2D eigenvalue weighted by Gasteiger charge is -1.97. The highest BCUT2D eigenvalue weighted by atomic mass is 15.3. The number of hydrogen-bond acceptors (Lipinski definition) is 4. The first-order valence-electron chi connectivity index (χ1n) is 3.94. The van der Waals surface area contributed by atoms with Crippen LogP contribution in [0.25, 0.3) is 0 Å². The van der Waals surface area contributed by atoms with Crippen LogP contribution in [0.3, 0.4) is 0 Å². The van der Waals surface area contributed by atoms with Crippen molar-refractivity contribution in [1.29, 1.82) is 0 Å². The summed E-state index contributed by atoms with van der Waals surface area (Å²) in [6.45, 7) is 3.60. The first-order chi connectivity index (χ1) is 5.66. The molecule has 12 heavy (non-hydrogen) atoms. The van der Waals surface area contributed by atoms with E-state index in [0.29, 0.717) is 18.1 Å². The van der Waals surface area contributed by atoms with Gasteiger partial charge < -0.3 is 16.8 Å². The fraction of sp³-hybridized carbons (Fsp3) is 0.571. The molecule has 0 aliphatic heterocycles. The molecule has 0 atom stereocenters. The fourth-order valence-electron chi connectivity index (χ4n) is 0.985. The zero-order valence-corrected chi connectivity index (χ0v) is 7.46. The summed E-state index contributed by atoms with van der Waals surface area (Å²) in [6, 6.07) is 0. The van der Waals surface area contributed by atoms with Crippen LogP contribution >= 0.6 is 0 Å². The van der Waals surface area contributed by atoms with Crippen LogP contribution < -0.4 is 16.8 Å². The molecule has 0 aliphatic carbocycles. The Balaban J connectivity index is 2.79. The van der Waals surface area contributed by atoms with Crippen LogP contribution in [0.2, 0.25) is 0 Å². The average molecular weight is 169 g/mol. The maximum Gasteiger partial charge on any atom is 0.145 e. The van der Waals surface area contributed by atoms with Crippen molar-refractivity contribution in [3.63, 3.8) is 0 Å². The van der Waals surface area contributed by atoms with Gasteiger partial charge in [-0.25, -0.2) is 0 Å². The van der Waals surface area contributed by atoms with Crippen molar-refractivity contribution in [2.75, 3.05) is 18.0 Å². The molecule has 0 radical (unpaired) electrons. The fourth-order valence-corrected chi connectivity index (χ4v) is 0.985. The molecule has 5 nitrogen and oxygen atoms in total. The van der Waals surface area contributed by atoms with Crippen molar-refractivity contribution in [3.05, 3.63) is 5.69 Å². The van der Waals surface area contributed by atoms with Crippen molar-refractivity contribution in [2.24, 2.45) is 7.05 Å². The number of aryl methyl sites for hydroxylation is 1. The quantitative estimate of drug-likeness (QED) is 0.580. The number of hydrogen-bond donors (Lipinski definition) is 3. The molecule has 5 N–H and O–H groups in total. The van der Waals surface area contributed by atoms with Crippen LogP contribution in [0.5, 0.6) is 0 Å². The van der Waals surface area contributed by atoms with Crippen molar-refractivity contribution in [3.8, 4) is 0 Å². The number of nitrogens with two attached hydrogens (primary N) is 2. The smallest absolute Gasteiger partial charge is 0.145 e. The van der Waals surface area contributed by atoms with E-state index in [4.69, 9.17) is 11.5 Å². The summed E-state index contributed by atoms with van der Waals surface area (Å²) in [4.78, 5) is 0. The molecule has 1 rings (SSSR count). The second-order valence-corrected chi connectivity index (χ2v) is 2.65. The second kappa shape index (κ2) is 3.44. The van der Waals surface area contributed by atoms with Crippen LogP contribution in [0, 0.1) is 0 Å². The molecule has 0 fully saturated rings. The molecule has 0 aliphatic rings. The topological polar surface area (TPSA) is 81.9 Å². The van der Waals surface area contributed by atoms with Gasteiger partial charge in [-0.1, -0.05) is 6.92 Å². The SMILES string of the molecule is CCNCc1nn(C)c(N)c1N. The Morgan fingerprint density at radius 2 is 2.17 bits per heavy atom. The van der Waals surface area contributed by atoms with Crippen LogP contribution in [0.15, 0.2) is 0 Å². The van der Waals surface area contributed by atoms with Gasteiger partial charge in [0.05, 0.1) is 5.69 Å². The molecule has 0 saturated heterocycles. The van der Waals surface area contributed by atoms with Crippen LogP contribution in [-0.4, -0.2) is 16.3 Å². The van der Waals surface area contributed by atoms with E-state index in [2.05, 4.69) is 10.4 Å². The third kappa shape index (κ3) is 1.50. The van der Waals surface area contributed by atoms with Gasteiger partial charge >= 0.3 is 0 Å². The van der Waals surface area contributed by atoms with E-state index >= 15 is 0 Å². The van der Waals surface area contributed by atoms with E-state index in [1.807, 2.05) is 6.92 Å². The Labute approximate surface area is 71.7 Å². The van der Waals surface area contributed by atoms with E-state index in [1.165, 1.54) is 0 Å². The highest BCUT2D eigenvalue weighted by Crippen LogP contribution is 2.17. The molecule has 68 valence electrons.